The molecule has 0 saturated heterocycles. The number of carbonyl (C=O) groups excluding carboxylic acids is 1. The maximum Gasteiger partial charge on any atom is 0.178 e. The summed E-state index contributed by atoms with van der Waals surface area (Å²) >= 11 is 1.30. The van der Waals surface area contributed by atoms with E-state index in [1.54, 1.807) is 0 Å². The van der Waals surface area contributed by atoms with Gasteiger partial charge in [-0.3, -0.25) is 4.79 Å². The molecule has 0 unspecified atom stereocenters. The number of Topliss-reactive ketones (excluding diaryl/α,β-unsaturated/α-hetero) is 1. The third kappa shape index (κ3) is 3.30. The smallest absolute Gasteiger partial charge is 0.178 e. The summed E-state index contributed by atoms with van der Waals surface area (Å²) in [7, 11) is 0. The monoisotopic (exact) mass is 293 g/mol. The summed E-state index contributed by atoms with van der Waals surface area (Å²) in [5.41, 5.74) is 6.67. The van der Waals surface area contributed by atoms with E-state index in [9.17, 15) is 10.1 Å². The van der Waals surface area contributed by atoms with Gasteiger partial charge in [-0.15, -0.1) is 11.3 Å². The molecule has 108 valence electrons. The van der Waals surface area contributed by atoms with E-state index in [0.717, 1.165) is 19.3 Å². The van der Waals surface area contributed by atoms with Gasteiger partial charge in [-0.05, 0) is 26.2 Å². The molecule has 0 aromatic carbocycles. The minimum absolute atomic E-state index is 0.0892. The number of ether oxygens (including phenoxy) is 1. The number of hydrogen-bond acceptors (Lipinski definition) is 6. The summed E-state index contributed by atoms with van der Waals surface area (Å²) in [6, 6.07) is 2.09. The summed E-state index contributed by atoms with van der Waals surface area (Å²) in [6.45, 7) is 4.04. The van der Waals surface area contributed by atoms with E-state index in [1.807, 2.05) is 6.92 Å². The van der Waals surface area contributed by atoms with Gasteiger partial charge in [-0.1, -0.05) is 0 Å². The highest BCUT2D eigenvalue weighted by Crippen LogP contribution is 2.41. The Morgan fingerprint density at radius 3 is 2.95 bits per heavy atom. The van der Waals surface area contributed by atoms with E-state index in [2.05, 4.69) is 11.4 Å². The normalized spacial score (nSPS) is 14.0. The number of rotatable bonds is 8. The van der Waals surface area contributed by atoms with Gasteiger partial charge < -0.3 is 15.8 Å². The zero-order chi connectivity index (χ0) is 14.5. The Hall–Kier alpha value is -1.58. The van der Waals surface area contributed by atoms with Crippen molar-refractivity contribution in [2.45, 2.75) is 26.2 Å². The molecule has 1 aliphatic carbocycles. The molecule has 1 aromatic rings. The fraction of sp³-hybridized carbons (Fsp3) is 0.571. The molecule has 1 aromatic heterocycles. The van der Waals surface area contributed by atoms with Gasteiger partial charge >= 0.3 is 0 Å². The highest BCUT2D eigenvalue weighted by atomic mass is 32.1. The van der Waals surface area contributed by atoms with Gasteiger partial charge in [0.1, 0.15) is 16.6 Å². The standard InChI is InChI=1S/C14H19N3O2S/c1-2-19-7-3-6-17-14-10(8-15)11(16)13(20-14)12(18)9-4-5-9/h9,17H,2-7,16H2,1H3. The molecule has 0 aliphatic heterocycles. The lowest BCUT2D eigenvalue weighted by molar-refractivity contribution is 0.0972. The average Bonchev–Trinajstić information content (AvgIpc) is 3.23. The van der Waals surface area contributed by atoms with Gasteiger partial charge in [0.15, 0.2) is 5.78 Å². The Morgan fingerprint density at radius 2 is 2.35 bits per heavy atom. The molecule has 3 N–H and O–H groups in total. The van der Waals surface area contributed by atoms with Crippen LogP contribution in [0.4, 0.5) is 10.7 Å². The van der Waals surface area contributed by atoms with Crippen molar-refractivity contribution in [1.82, 2.24) is 0 Å². The summed E-state index contributed by atoms with van der Waals surface area (Å²) in [4.78, 5) is 12.6. The molecule has 6 heteroatoms. The summed E-state index contributed by atoms with van der Waals surface area (Å²) in [6.07, 6.45) is 2.73. The second-order valence-corrected chi connectivity index (χ2v) is 5.80. The van der Waals surface area contributed by atoms with Crippen LogP contribution in [0.25, 0.3) is 0 Å². The predicted molar refractivity (Wildman–Crippen MR) is 80.1 cm³/mol. The summed E-state index contributed by atoms with van der Waals surface area (Å²) in [5.74, 6) is 0.208. The zero-order valence-electron chi connectivity index (χ0n) is 11.6. The molecule has 1 aliphatic rings. The minimum Gasteiger partial charge on any atom is -0.396 e. The topological polar surface area (TPSA) is 88.1 Å². The molecule has 0 radical (unpaired) electrons. The second-order valence-electron chi connectivity index (χ2n) is 4.78. The number of nitrogens with one attached hydrogen (secondary N) is 1. The molecule has 5 nitrogen and oxygen atoms in total. The van der Waals surface area contributed by atoms with E-state index in [1.165, 1.54) is 11.3 Å². The molecule has 1 fully saturated rings. The number of anilines is 2. The molecule has 0 spiro atoms. The number of carbonyl (C=O) groups is 1. The Kier molecular flexibility index (Phi) is 4.99. The Balaban J connectivity index is 2.02. The average molecular weight is 293 g/mol. The van der Waals surface area contributed by atoms with Crippen LogP contribution in [-0.4, -0.2) is 25.5 Å². The maximum absolute atomic E-state index is 12.1. The number of thiophene rings is 1. The first-order valence-electron chi connectivity index (χ1n) is 6.87. The van der Waals surface area contributed by atoms with E-state index in [0.29, 0.717) is 40.9 Å². The van der Waals surface area contributed by atoms with Crippen molar-refractivity contribution < 1.29 is 9.53 Å². The van der Waals surface area contributed by atoms with Crippen molar-refractivity contribution in [2.75, 3.05) is 30.8 Å². The molecule has 1 heterocycles. The van der Waals surface area contributed by atoms with Crippen molar-refractivity contribution >= 4 is 27.8 Å². The maximum atomic E-state index is 12.1. The van der Waals surface area contributed by atoms with Crippen molar-refractivity contribution in [3.05, 3.63) is 10.4 Å². The van der Waals surface area contributed by atoms with Gasteiger partial charge in [0, 0.05) is 25.7 Å². The van der Waals surface area contributed by atoms with Gasteiger partial charge in [-0.25, -0.2) is 0 Å². The van der Waals surface area contributed by atoms with E-state index in [-0.39, 0.29) is 11.7 Å². The Morgan fingerprint density at radius 1 is 1.60 bits per heavy atom. The fourth-order valence-electron chi connectivity index (χ4n) is 1.91. The molecular weight excluding hydrogens is 274 g/mol. The lowest BCUT2D eigenvalue weighted by Gasteiger charge is -2.04. The lowest BCUT2D eigenvalue weighted by atomic mass is 10.1. The van der Waals surface area contributed by atoms with Crippen molar-refractivity contribution in [2.24, 2.45) is 5.92 Å². The van der Waals surface area contributed by atoms with Gasteiger partial charge in [0.05, 0.1) is 10.6 Å². The van der Waals surface area contributed by atoms with Crippen LogP contribution in [0.1, 0.15) is 41.4 Å². The number of nitrogens with zero attached hydrogens (tertiary/aromatic N) is 1. The second kappa shape index (κ2) is 6.73. The Labute approximate surface area is 122 Å². The summed E-state index contributed by atoms with van der Waals surface area (Å²) in [5, 5.41) is 13.1. The van der Waals surface area contributed by atoms with Crippen LogP contribution >= 0.6 is 11.3 Å². The first-order valence-corrected chi connectivity index (χ1v) is 7.68. The lowest BCUT2D eigenvalue weighted by Crippen LogP contribution is -2.05. The van der Waals surface area contributed by atoms with Gasteiger partial charge in [-0.2, -0.15) is 5.26 Å². The highest BCUT2D eigenvalue weighted by molar-refractivity contribution is 7.19. The molecule has 0 amide bonds. The highest BCUT2D eigenvalue weighted by Gasteiger charge is 2.34. The quantitative estimate of drug-likeness (QED) is 0.568. The molecule has 0 atom stereocenters. The van der Waals surface area contributed by atoms with Crippen LogP contribution in [0.5, 0.6) is 0 Å². The number of hydrogen-bond donors (Lipinski definition) is 2. The van der Waals surface area contributed by atoms with Gasteiger partial charge in [0.2, 0.25) is 0 Å². The molecule has 0 bridgehead atoms. The van der Waals surface area contributed by atoms with Crippen molar-refractivity contribution in [3.63, 3.8) is 0 Å². The van der Waals surface area contributed by atoms with E-state index in [4.69, 9.17) is 10.5 Å². The molecule has 20 heavy (non-hydrogen) atoms. The van der Waals surface area contributed by atoms with E-state index < -0.39 is 0 Å². The van der Waals surface area contributed by atoms with Crippen LogP contribution in [0.2, 0.25) is 0 Å². The number of nitrogens with two attached hydrogens (primary N) is 1. The SMILES string of the molecule is CCOCCCNc1sc(C(=O)C2CC2)c(N)c1C#N. The first kappa shape index (κ1) is 14.8. The molecule has 2 rings (SSSR count). The van der Waals surface area contributed by atoms with Crippen LogP contribution in [-0.2, 0) is 4.74 Å². The zero-order valence-corrected chi connectivity index (χ0v) is 12.4. The number of nitriles is 1. The van der Waals surface area contributed by atoms with Crippen molar-refractivity contribution in [3.8, 4) is 6.07 Å². The minimum atomic E-state index is 0.0892. The molecule has 1 saturated carbocycles. The fourth-order valence-corrected chi connectivity index (χ4v) is 3.03. The predicted octanol–water partition coefficient (Wildman–Crippen LogP) is 2.63. The van der Waals surface area contributed by atoms with Crippen LogP contribution in [0, 0.1) is 17.2 Å². The number of nitrogen functional groups attached to an aromatic ring is 1. The third-order valence-corrected chi connectivity index (χ3v) is 4.36. The van der Waals surface area contributed by atoms with E-state index >= 15 is 0 Å². The largest absolute Gasteiger partial charge is 0.396 e. The first-order chi connectivity index (χ1) is 9.69. The van der Waals surface area contributed by atoms with Crippen LogP contribution < -0.4 is 11.1 Å². The van der Waals surface area contributed by atoms with Crippen LogP contribution in [0.15, 0.2) is 0 Å². The number of ketones is 1. The van der Waals surface area contributed by atoms with Gasteiger partial charge in [0.25, 0.3) is 0 Å². The summed E-state index contributed by atoms with van der Waals surface area (Å²) < 4.78 is 5.25. The molecular formula is C14H19N3O2S. The Bertz CT molecular complexity index is 529. The van der Waals surface area contributed by atoms with Crippen molar-refractivity contribution in [1.29, 1.82) is 5.26 Å². The third-order valence-electron chi connectivity index (χ3n) is 3.18. The van der Waals surface area contributed by atoms with Crippen LogP contribution in [0.3, 0.4) is 0 Å².